The molecule has 0 aromatic heterocycles. The van der Waals surface area contributed by atoms with Gasteiger partial charge in [0.05, 0.1) is 6.26 Å². The molecule has 5 nitrogen and oxygen atoms in total. The second kappa shape index (κ2) is 5.97. The fourth-order valence-corrected chi connectivity index (χ4v) is 2.51. The van der Waals surface area contributed by atoms with Gasteiger partial charge in [0.1, 0.15) is 17.6 Å². The van der Waals surface area contributed by atoms with Crippen molar-refractivity contribution in [2.75, 3.05) is 5.75 Å². The molecule has 0 bridgehead atoms. The van der Waals surface area contributed by atoms with Gasteiger partial charge in [0.25, 0.3) is 0 Å². The number of thioether (sulfide) groups is 1. The van der Waals surface area contributed by atoms with Crippen LogP contribution in [-0.4, -0.2) is 36.1 Å². The third-order valence-corrected chi connectivity index (χ3v) is 3.34. The van der Waals surface area contributed by atoms with Crippen LogP contribution in [0.4, 0.5) is 0 Å². The van der Waals surface area contributed by atoms with Crippen molar-refractivity contribution in [3.05, 3.63) is 25.0 Å². The highest BCUT2D eigenvalue weighted by Gasteiger charge is 2.55. The van der Waals surface area contributed by atoms with E-state index in [1.165, 1.54) is 18.0 Å². The fraction of sp³-hybridized carbons (Fsp3) is 0.615. The van der Waals surface area contributed by atoms with Gasteiger partial charge in [-0.15, -0.1) is 0 Å². The van der Waals surface area contributed by atoms with E-state index in [1.54, 1.807) is 0 Å². The first kappa shape index (κ1) is 14.4. The van der Waals surface area contributed by atoms with Gasteiger partial charge >= 0.3 is 0 Å². The number of hydrogen-bond acceptors (Lipinski definition) is 6. The molecule has 0 saturated carbocycles. The molecule has 2 fully saturated rings. The summed E-state index contributed by atoms with van der Waals surface area (Å²) < 4.78 is 22.7. The predicted molar refractivity (Wildman–Crippen MR) is 71.0 cm³/mol. The quantitative estimate of drug-likeness (QED) is 0.333. The summed E-state index contributed by atoms with van der Waals surface area (Å²) in [6, 6.07) is 0. The van der Waals surface area contributed by atoms with Crippen molar-refractivity contribution in [3.63, 3.8) is 0 Å². The number of nitriles is 1. The minimum Gasteiger partial charge on any atom is -0.470 e. The molecule has 2 rings (SSSR count). The summed E-state index contributed by atoms with van der Waals surface area (Å²) in [6.07, 6.45) is 3.89. The first-order valence-electron chi connectivity index (χ1n) is 6.02. The van der Waals surface area contributed by atoms with Gasteiger partial charge in [0, 0.05) is 5.75 Å². The molecule has 0 radical (unpaired) electrons. The summed E-state index contributed by atoms with van der Waals surface area (Å²) in [7, 11) is 0. The summed E-state index contributed by atoms with van der Waals surface area (Å²) >= 11 is 1.17. The Morgan fingerprint density at radius 3 is 2.84 bits per heavy atom. The highest BCUT2D eigenvalue weighted by molar-refractivity contribution is 8.03. The maximum absolute atomic E-state index is 8.46. The zero-order chi connectivity index (χ0) is 13.9. The maximum atomic E-state index is 8.46. The molecule has 6 heteroatoms. The molecule has 104 valence electrons. The van der Waals surface area contributed by atoms with E-state index in [1.807, 2.05) is 31.4 Å². The van der Waals surface area contributed by atoms with Crippen LogP contribution in [0.5, 0.6) is 0 Å². The van der Waals surface area contributed by atoms with Crippen LogP contribution < -0.4 is 0 Å². The lowest BCUT2D eigenvalue weighted by atomic mass is 10.1. The van der Waals surface area contributed by atoms with Crippen molar-refractivity contribution in [1.82, 2.24) is 0 Å². The van der Waals surface area contributed by atoms with E-state index in [2.05, 4.69) is 6.58 Å². The average Bonchev–Trinajstić information content (AvgIpc) is 2.81. The largest absolute Gasteiger partial charge is 0.470 e. The maximum Gasteiger partial charge on any atom is 0.228 e. The topological polar surface area (TPSA) is 60.7 Å². The number of fused-ring (bicyclic) bond motifs is 1. The SMILES string of the molecule is C=CO[C@@H]1O[C@H](/C=C/CSC#N)[C@H]2OC(C)(C)O[C@@H]12. The molecule has 19 heavy (non-hydrogen) atoms. The lowest BCUT2D eigenvalue weighted by molar-refractivity contribution is -0.215. The third kappa shape index (κ3) is 3.31. The standard InChI is InChI=1S/C13H17NO4S/c1-4-15-12-11-10(17-13(2,3)18-11)9(16-12)6-5-7-19-8-14/h4-6,9-12H,1,7H2,2-3H3/b6-5+/t9-,10-,11-,12-/m1/s1. The number of hydrogen-bond donors (Lipinski definition) is 0. The van der Waals surface area contributed by atoms with Gasteiger partial charge in [-0.25, -0.2) is 0 Å². The molecule has 0 aromatic carbocycles. The van der Waals surface area contributed by atoms with Crippen molar-refractivity contribution in [1.29, 1.82) is 5.26 Å². The van der Waals surface area contributed by atoms with E-state index >= 15 is 0 Å². The molecular formula is C13H17NO4S. The second-order valence-corrected chi connectivity index (χ2v) is 5.47. The van der Waals surface area contributed by atoms with Crippen LogP contribution in [0.25, 0.3) is 0 Å². The third-order valence-electron chi connectivity index (χ3n) is 2.85. The van der Waals surface area contributed by atoms with Gasteiger partial charge < -0.3 is 18.9 Å². The first-order valence-corrected chi connectivity index (χ1v) is 7.01. The van der Waals surface area contributed by atoms with Crippen molar-refractivity contribution < 1.29 is 18.9 Å². The number of rotatable bonds is 5. The lowest BCUT2D eigenvalue weighted by Gasteiger charge is -2.22. The van der Waals surface area contributed by atoms with Gasteiger partial charge in [-0.05, 0) is 25.6 Å². The van der Waals surface area contributed by atoms with Crippen LogP contribution >= 0.6 is 11.8 Å². The van der Waals surface area contributed by atoms with Crippen molar-refractivity contribution >= 4 is 11.8 Å². The molecular weight excluding hydrogens is 266 g/mol. The van der Waals surface area contributed by atoms with Crippen LogP contribution in [0.1, 0.15) is 13.8 Å². The molecule has 2 aliphatic heterocycles. The van der Waals surface area contributed by atoms with Gasteiger partial charge in [-0.3, -0.25) is 0 Å². The number of ether oxygens (including phenoxy) is 4. The van der Waals surface area contributed by atoms with Gasteiger partial charge in [0.15, 0.2) is 11.9 Å². The Labute approximate surface area is 117 Å². The van der Waals surface area contributed by atoms with Crippen molar-refractivity contribution in [2.24, 2.45) is 0 Å². The molecule has 2 heterocycles. The van der Waals surface area contributed by atoms with E-state index in [4.69, 9.17) is 24.2 Å². The van der Waals surface area contributed by atoms with Crippen LogP contribution in [0.2, 0.25) is 0 Å². The van der Waals surface area contributed by atoms with E-state index in [-0.39, 0.29) is 18.3 Å². The van der Waals surface area contributed by atoms with Gasteiger partial charge in [-0.2, -0.15) is 5.26 Å². The van der Waals surface area contributed by atoms with Crippen LogP contribution in [0.15, 0.2) is 25.0 Å². The Balaban J connectivity index is 2.03. The zero-order valence-corrected chi connectivity index (χ0v) is 11.8. The molecule has 4 atom stereocenters. The van der Waals surface area contributed by atoms with E-state index < -0.39 is 12.1 Å². The van der Waals surface area contributed by atoms with Crippen LogP contribution in [0.3, 0.4) is 0 Å². The predicted octanol–water partition coefficient (Wildman–Crippen LogP) is 2.16. The fourth-order valence-electron chi connectivity index (χ4n) is 2.23. The molecule has 0 aromatic rings. The molecule has 0 amide bonds. The smallest absolute Gasteiger partial charge is 0.228 e. The summed E-state index contributed by atoms with van der Waals surface area (Å²) in [5.41, 5.74) is 0. The highest BCUT2D eigenvalue weighted by Crippen LogP contribution is 2.39. The van der Waals surface area contributed by atoms with Crippen molar-refractivity contribution in [3.8, 4) is 5.40 Å². The molecule has 0 aliphatic carbocycles. The highest BCUT2D eigenvalue weighted by atomic mass is 32.2. The van der Waals surface area contributed by atoms with Gasteiger partial charge in [0.2, 0.25) is 6.29 Å². The first-order chi connectivity index (χ1) is 9.07. The Bertz CT molecular complexity index is 404. The summed E-state index contributed by atoms with van der Waals surface area (Å²) in [4.78, 5) is 0. The Kier molecular flexibility index (Phi) is 4.53. The molecule has 2 saturated heterocycles. The summed E-state index contributed by atoms with van der Waals surface area (Å²) in [5.74, 6) is -0.0274. The van der Waals surface area contributed by atoms with E-state index in [0.717, 1.165) is 0 Å². The van der Waals surface area contributed by atoms with E-state index in [0.29, 0.717) is 5.75 Å². The molecule has 0 spiro atoms. The average molecular weight is 283 g/mol. The zero-order valence-electron chi connectivity index (χ0n) is 10.9. The molecule has 2 aliphatic rings. The Morgan fingerprint density at radius 2 is 2.16 bits per heavy atom. The van der Waals surface area contributed by atoms with Crippen LogP contribution in [-0.2, 0) is 18.9 Å². The Hall–Kier alpha value is -1.00. The Morgan fingerprint density at radius 1 is 1.42 bits per heavy atom. The number of nitrogens with zero attached hydrogens (tertiary/aromatic N) is 1. The van der Waals surface area contributed by atoms with Gasteiger partial charge in [-0.1, -0.05) is 18.7 Å². The minimum atomic E-state index is -0.643. The van der Waals surface area contributed by atoms with E-state index in [9.17, 15) is 0 Å². The minimum absolute atomic E-state index is 0.205. The normalized spacial score (nSPS) is 36.1. The summed E-state index contributed by atoms with van der Waals surface area (Å²) in [5, 5.41) is 10.5. The van der Waals surface area contributed by atoms with Crippen molar-refractivity contribution in [2.45, 2.75) is 44.2 Å². The summed E-state index contributed by atoms with van der Waals surface area (Å²) in [6.45, 7) is 7.26. The molecule has 0 N–H and O–H groups in total. The lowest BCUT2D eigenvalue weighted by Crippen LogP contribution is -2.30. The van der Waals surface area contributed by atoms with Crippen LogP contribution in [0, 0.1) is 10.7 Å². The monoisotopic (exact) mass is 283 g/mol. The number of thiocyanates is 1. The second-order valence-electron chi connectivity index (χ2n) is 4.67. The molecule has 0 unspecified atom stereocenters.